The molecule has 2 rings (SSSR count). The van der Waals surface area contributed by atoms with E-state index in [4.69, 9.17) is 4.84 Å². The normalized spacial score (nSPS) is 20.6. The van der Waals surface area contributed by atoms with E-state index in [1.807, 2.05) is 6.92 Å². The first-order valence-electron chi connectivity index (χ1n) is 4.22. The summed E-state index contributed by atoms with van der Waals surface area (Å²) in [6, 6.07) is 1.40. The Morgan fingerprint density at radius 3 is 3.14 bits per heavy atom. The van der Waals surface area contributed by atoms with Gasteiger partial charge in [-0.2, -0.15) is 0 Å². The third kappa shape index (κ3) is 1.80. The number of carbonyl (C=O) groups excluding carboxylic acids is 1. The topological polar surface area (TPSA) is 76.1 Å². The molecular weight excluding hydrogens is 184 g/mol. The molecule has 1 unspecified atom stereocenters. The zero-order chi connectivity index (χ0) is 9.97. The maximum absolute atomic E-state index is 11.1. The third-order valence-corrected chi connectivity index (χ3v) is 1.87. The fraction of sp³-hybridized carbons (Fsp3) is 0.375. The van der Waals surface area contributed by atoms with Gasteiger partial charge in [-0.25, -0.2) is 15.4 Å². The zero-order valence-electron chi connectivity index (χ0n) is 7.65. The van der Waals surface area contributed by atoms with Crippen LogP contribution in [-0.4, -0.2) is 28.5 Å². The van der Waals surface area contributed by atoms with Crippen LogP contribution in [0.1, 0.15) is 5.69 Å². The minimum Gasteiger partial charge on any atom is -0.356 e. The third-order valence-electron chi connectivity index (χ3n) is 1.87. The average Bonchev–Trinajstić information content (AvgIpc) is 2.52. The number of hydrogen-bond donors (Lipinski definition) is 2. The Morgan fingerprint density at radius 2 is 2.50 bits per heavy atom. The minimum absolute atomic E-state index is 0.179. The second-order valence-corrected chi connectivity index (χ2v) is 3.02. The van der Waals surface area contributed by atoms with Crippen molar-refractivity contribution in [1.82, 2.24) is 15.4 Å². The Kier molecular flexibility index (Phi) is 2.28. The molecule has 6 heteroatoms. The largest absolute Gasteiger partial charge is 0.356 e. The van der Waals surface area contributed by atoms with Crippen molar-refractivity contribution in [1.29, 1.82) is 0 Å². The van der Waals surface area contributed by atoms with Crippen LogP contribution in [0.25, 0.3) is 0 Å². The van der Waals surface area contributed by atoms with Crippen molar-refractivity contribution in [2.24, 2.45) is 0 Å². The van der Waals surface area contributed by atoms with Crippen molar-refractivity contribution in [3.05, 3.63) is 18.1 Å². The second-order valence-electron chi connectivity index (χ2n) is 3.02. The van der Waals surface area contributed by atoms with E-state index in [-0.39, 0.29) is 11.9 Å². The molecule has 6 nitrogen and oxygen atoms in total. The summed E-state index contributed by atoms with van der Waals surface area (Å²) in [5.41, 5.74) is 3.11. The van der Waals surface area contributed by atoms with Crippen molar-refractivity contribution in [2.45, 2.75) is 13.0 Å². The maximum Gasteiger partial charge on any atom is 0.268 e. The molecule has 1 saturated heterocycles. The highest BCUT2D eigenvalue weighted by Crippen LogP contribution is 2.07. The second kappa shape index (κ2) is 3.59. The summed E-state index contributed by atoms with van der Waals surface area (Å²) < 4.78 is 0. The van der Waals surface area contributed by atoms with Gasteiger partial charge < -0.3 is 5.32 Å². The number of carbonyl (C=O) groups is 1. The van der Waals surface area contributed by atoms with Gasteiger partial charge >= 0.3 is 0 Å². The van der Waals surface area contributed by atoms with Crippen LogP contribution in [0.2, 0.25) is 0 Å². The average molecular weight is 194 g/mol. The summed E-state index contributed by atoms with van der Waals surface area (Å²) in [5.74, 6) is 0.449. The lowest BCUT2D eigenvalue weighted by molar-refractivity contribution is -0.124. The highest BCUT2D eigenvalue weighted by Gasteiger charge is 2.25. The molecule has 1 aliphatic heterocycles. The van der Waals surface area contributed by atoms with E-state index in [1.54, 1.807) is 6.07 Å². The van der Waals surface area contributed by atoms with Crippen molar-refractivity contribution in [2.75, 3.05) is 11.9 Å². The molecule has 1 aliphatic rings. The first kappa shape index (κ1) is 8.89. The quantitative estimate of drug-likeness (QED) is 0.671. The molecule has 1 aromatic rings. The lowest BCUT2D eigenvalue weighted by atomic mass is 10.3. The van der Waals surface area contributed by atoms with Gasteiger partial charge in [-0.05, 0) is 6.92 Å². The SMILES string of the molecule is Cc1cc(NC2CONC2=O)ncn1. The predicted molar refractivity (Wildman–Crippen MR) is 48.3 cm³/mol. The molecule has 0 radical (unpaired) electrons. The molecule has 0 aliphatic carbocycles. The van der Waals surface area contributed by atoms with Crippen LogP contribution < -0.4 is 10.8 Å². The highest BCUT2D eigenvalue weighted by molar-refractivity contribution is 5.84. The number of rotatable bonds is 2. The van der Waals surface area contributed by atoms with E-state index in [2.05, 4.69) is 20.8 Å². The van der Waals surface area contributed by atoms with E-state index < -0.39 is 0 Å². The van der Waals surface area contributed by atoms with Crippen LogP contribution in [0.5, 0.6) is 0 Å². The number of nitrogens with zero attached hydrogens (tertiary/aromatic N) is 2. The van der Waals surface area contributed by atoms with E-state index >= 15 is 0 Å². The Balaban J connectivity index is 2.07. The monoisotopic (exact) mass is 194 g/mol. The van der Waals surface area contributed by atoms with Gasteiger partial charge in [0.2, 0.25) is 0 Å². The van der Waals surface area contributed by atoms with Gasteiger partial charge in [0.25, 0.3) is 5.91 Å². The number of nitrogens with one attached hydrogen (secondary N) is 2. The highest BCUT2D eigenvalue weighted by atomic mass is 16.7. The molecular formula is C8H10N4O2. The molecule has 74 valence electrons. The molecule has 1 amide bonds. The van der Waals surface area contributed by atoms with Crippen LogP contribution in [0.3, 0.4) is 0 Å². The van der Waals surface area contributed by atoms with Crippen LogP contribution in [0.4, 0.5) is 5.82 Å². The van der Waals surface area contributed by atoms with Gasteiger partial charge in [-0.1, -0.05) is 0 Å². The van der Waals surface area contributed by atoms with Gasteiger partial charge in [0.15, 0.2) is 0 Å². The Labute approximate surface area is 80.7 Å². The minimum atomic E-state index is -0.371. The number of aryl methyl sites for hydroxylation is 1. The summed E-state index contributed by atoms with van der Waals surface area (Å²) in [7, 11) is 0. The molecule has 14 heavy (non-hydrogen) atoms. The number of amides is 1. The van der Waals surface area contributed by atoms with Crippen LogP contribution in [0, 0.1) is 6.92 Å². The Morgan fingerprint density at radius 1 is 1.64 bits per heavy atom. The summed E-state index contributed by atoms with van der Waals surface area (Å²) in [6.07, 6.45) is 1.45. The van der Waals surface area contributed by atoms with E-state index in [1.165, 1.54) is 6.33 Å². The molecule has 1 fully saturated rings. The summed E-state index contributed by atoms with van der Waals surface area (Å²) in [6.45, 7) is 2.17. The molecule has 2 N–H and O–H groups in total. The zero-order valence-corrected chi connectivity index (χ0v) is 7.65. The molecule has 0 bridgehead atoms. The number of hydrogen-bond acceptors (Lipinski definition) is 5. The van der Waals surface area contributed by atoms with Gasteiger partial charge in [-0.15, -0.1) is 0 Å². The summed E-state index contributed by atoms with van der Waals surface area (Å²) >= 11 is 0. The van der Waals surface area contributed by atoms with Crippen LogP contribution >= 0.6 is 0 Å². The van der Waals surface area contributed by atoms with Gasteiger partial charge in [-0.3, -0.25) is 9.63 Å². The standard InChI is InChI=1S/C8H10N4O2/c1-5-2-7(10-4-9-5)11-6-3-14-12-8(6)13/h2,4,6H,3H2,1H3,(H,12,13)(H,9,10,11). The smallest absolute Gasteiger partial charge is 0.268 e. The molecule has 2 heterocycles. The Hall–Kier alpha value is -1.69. The summed E-state index contributed by atoms with van der Waals surface area (Å²) in [5, 5.41) is 2.94. The van der Waals surface area contributed by atoms with E-state index in [9.17, 15) is 4.79 Å². The maximum atomic E-state index is 11.1. The van der Waals surface area contributed by atoms with Crippen molar-refractivity contribution < 1.29 is 9.63 Å². The van der Waals surface area contributed by atoms with Gasteiger partial charge in [0.1, 0.15) is 24.8 Å². The fourth-order valence-electron chi connectivity index (χ4n) is 1.16. The summed E-state index contributed by atoms with van der Waals surface area (Å²) in [4.78, 5) is 23.8. The molecule has 1 atom stereocenters. The molecule has 1 aromatic heterocycles. The van der Waals surface area contributed by atoms with Crippen molar-refractivity contribution >= 4 is 11.7 Å². The number of aromatic nitrogens is 2. The Bertz CT molecular complexity index is 355. The van der Waals surface area contributed by atoms with E-state index in [0.717, 1.165) is 5.69 Å². The van der Waals surface area contributed by atoms with Gasteiger partial charge in [0.05, 0.1) is 0 Å². The van der Waals surface area contributed by atoms with Gasteiger partial charge in [0, 0.05) is 11.8 Å². The van der Waals surface area contributed by atoms with E-state index in [0.29, 0.717) is 12.4 Å². The molecule has 0 spiro atoms. The van der Waals surface area contributed by atoms with Crippen molar-refractivity contribution in [3.63, 3.8) is 0 Å². The molecule has 0 saturated carbocycles. The predicted octanol–water partition coefficient (Wildman–Crippen LogP) is -0.373. The number of anilines is 1. The lowest BCUT2D eigenvalue weighted by Gasteiger charge is -2.08. The van der Waals surface area contributed by atoms with Crippen LogP contribution in [-0.2, 0) is 9.63 Å². The first-order chi connectivity index (χ1) is 6.75. The van der Waals surface area contributed by atoms with Crippen molar-refractivity contribution in [3.8, 4) is 0 Å². The first-order valence-corrected chi connectivity index (χ1v) is 4.22. The van der Waals surface area contributed by atoms with Crippen LogP contribution in [0.15, 0.2) is 12.4 Å². The number of hydroxylamine groups is 1. The fourth-order valence-corrected chi connectivity index (χ4v) is 1.16. The molecule has 0 aromatic carbocycles. The lowest BCUT2D eigenvalue weighted by Crippen LogP contribution is -2.31.